The number of likely N-dealkylation sites (N-methyl/N-ethyl adjacent to an activating group) is 1. The van der Waals surface area contributed by atoms with E-state index < -0.39 is 5.54 Å². The average Bonchev–Trinajstić information content (AvgIpc) is 2.58. The van der Waals surface area contributed by atoms with Crippen LogP contribution in [0.1, 0.15) is 19.3 Å². The Morgan fingerprint density at radius 3 is 3.00 bits per heavy atom. The van der Waals surface area contributed by atoms with Crippen LogP contribution in [0.3, 0.4) is 0 Å². The van der Waals surface area contributed by atoms with Gasteiger partial charge in [0.2, 0.25) is 0 Å². The Kier molecular flexibility index (Phi) is 3.67. The first-order chi connectivity index (χ1) is 6.29. The fraction of sp³-hybridized carbons (Fsp3) is 0.889. The predicted octanol–water partition coefficient (Wildman–Crippen LogP) is 0.641. The van der Waals surface area contributed by atoms with Crippen LogP contribution in [-0.4, -0.2) is 32.6 Å². The molecule has 13 heavy (non-hydrogen) atoms. The monoisotopic (exact) mass is 184 g/mol. The highest BCUT2D eigenvalue weighted by atomic mass is 16.7. The minimum absolute atomic E-state index is 0.0394. The maximum absolute atomic E-state index is 9.05. The molecule has 1 aliphatic rings. The van der Waals surface area contributed by atoms with E-state index in [1.165, 1.54) is 0 Å². The van der Waals surface area contributed by atoms with Gasteiger partial charge in [0.05, 0.1) is 12.2 Å². The van der Waals surface area contributed by atoms with Crippen molar-refractivity contribution >= 4 is 0 Å². The van der Waals surface area contributed by atoms with Gasteiger partial charge in [0.1, 0.15) is 12.3 Å². The van der Waals surface area contributed by atoms with Crippen LogP contribution in [0.15, 0.2) is 0 Å². The minimum Gasteiger partial charge on any atom is -0.359 e. The van der Waals surface area contributed by atoms with Gasteiger partial charge in [-0.3, -0.25) is 0 Å². The molecule has 0 saturated heterocycles. The van der Waals surface area contributed by atoms with Crippen molar-refractivity contribution in [1.82, 2.24) is 5.32 Å². The van der Waals surface area contributed by atoms with Crippen LogP contribution < -0.4 is 5.32 Å². The fourth-order valence-corrected chi connectivity index (χ4v) is 1.82. The number of rotatable bonds is 4. The molecule has 1 rings (SSSR count). The maximum Gasteiger partial charge on any atom is 0.146 e. The quantitative estimate of drug-likeness (QED) is 0.651. The highest BCUT2D eigenvalue weighted by Gasteiger charge is 2.42. The Morgan fingerprint density at radius 1 is 1.69 bits per heavy atom. The lowest BCUT2D eigenvalue weighted by Gasteiger charge is -2.27. The summed E-state index contributed by atoms with van der Waals surface area (Å²) >= 11 is 0. The third-order valence-electron chi connectivity index (χ3n) is 2.62. The molecule has 1 fully saturated rings. The number of nitriles is 1. The van der Waals surface area contributed by atoms with E-state index in [4.69, 9.17) is 14.7 Å². The van der Waals surface area contributed by atoms with Crippen molar-refractivity contribution < 1.29 is 9.47 Å². The average molecular weight is 184 g/mol. The van der Waals surface area contributed by atoms with Crippen LogP contribution in [0.25, 0.3) is 0 Å². The lowest BCUT2D eigenvalue weighted by molar-refractivity contribution is -0.0851. The molecule has 0 amide bonds. The van der Waals surface area contributed by atoms with E-state index in [0.717, 1.165) is 19.3 Å². The van der Waals surface area contributed by atoms with E-state index in [9.17, 15) is 0 Å². The van der Waals surface area contributed by atoms with Crippen molar-refractivity contribution in [2.24, 2.45) is 0 Å². The van der Waals surface area contributed by atoms with Crippen LogP contribution in [0.5, 0.6) is 0 Å². The third-order valence-corrected chi connectivity index (χ3v) is 2.62. The first kappa shape index (κ1) is 10.5. The second-order valence-corrected chi connectivity index (χ2v) is 3.29. The molecule has 0 aromatic heterocycles. The summed E-state index contributed by atoms with van der Waals surface area (Å²) in [7, 11) is 3.39. The van der Waals surface area contributed by atoms with Gasteiger partial charge in [-0.2, -0.15) is 5.26 Å². The molecule has 0 aliphatic heterocycles. The van der Waals surface area contributed by atoms with Crippen molar-refractivity contribution in [3.8, 4) is 6.07 Å². The Hall–Kier alpha value is -0.630. The number of methoxy groups -OCH3 is 1. The Morgan fingerprint density at radius 2 is 2.46 bits per heavy atom. The van der Waals surface area contributed by atoms with Crippen molar-refractivity contribution in [2.75, 3.05) is 21.0 Å². The number of nitrogens with one attached hydrogen (secondary N) is 1. The predicted molar refractivity (Wildman–Crippen MR) is 48.0 cm³/mol. The van der Waals surface area contributed by atoms with Gasteiger partial charge < -0.3 is 14.8 Å². The van der Waals surface area contributed by atoms with Gasteiger partial charge in [0.15, 0.2) is 0 Å². The molecule has 0 heterocycles. The molecule has 0 bridgehead atoms. The first-order valence-electron chi connectivity index (χ1n) is 4.50. The zero-order valence-electron chi connectivity index (χ0n) is 8.17. The molecule has 2 atom stereocenters. The molecule has 74 valence electrons. The number of nitrogens with zero attached hydrogens (tertiary/aromatic N) is 1. The van der Waals surface area contributed by atoms with E-state index in [2.05, 4.69) is 11.4 Å². The second-order valence-electron chi connectivity index (χ2n) is 3.29. The molecule has 4 nitrogen and oxygen atoms in total. The van der Waals surface area contributed by atoms with E-state index in [1.807, 2.05) is 0 Å². The minimum atomic E-state index is -0.501. The van der Waals surface area contributed by atoms with Crippen LogP contribution in [0.2, 0.25) is 0 Å². The maximum atomic E-state index is 9.05. The SMILES string of the molecule is CN[C@]1(C#N)CCC[C@@H]1OCOC. The van der Waals surface area contributed by atoms with E-state index >= 15 is 0 Å². The van der Waals surface area contributed by atoms with Gasteiger partial charge >= 0.3 is 0 Å². The molecular weight excluding hydrogens is 168 g/mol. The molecule has 0 aromatic carbocycles. The largest absolute Gasteiger partial charge is 0.359 e. The van der Waals surface area contributed by atoms with Crippen LogP contribution in [-0.2, 0) is 9.47 Å². The molecule has 1 aliphatic carbocycles. The normalized spacial score (nSPS) is 33.2. The van der Waals surface area contributed by atoms with Gasteiger partial charge in [-0.15, -0.1) is 0 Å². The summed E-state index contributed by atoms with van der Waals surface area (Å²) in [5, 5.41) is 12.1. The smallest absolute Gasteiger partial charge is 0.146 e. The van der Waals surface area contributed by atoms with Crippen molar-refractivity contribution in [3.05, 3.63) is 0 Å². The van der Waals surface area contributed by atoms with Crippen molar-refractivity contribution in [3.63, 3.8) is 0 Å². The van der Waals surface area contributed by atoms with Gasteiger partial charge in [-0.25, -0.2) is 0 Å². The van der Waals surface area contributed by atoms with Gasteiger partial charge in [0.25, 0.3) is 0 Å². The molecule has 0 radical (unpaired) electrons. The standard InChI is InChI=1S/C9H16N2O2/c1-11-9(6-10)5-3-4-8(9)13-7-12-2/h8,11H,3-5,7H2,1-2H3/t8-,9-/m0/s1. The Bertz CT molecular complexity index is 202. The molecular formula is C9H16N2O2. The Labute approximate surface area is 78.8 Å². The molecule has 1 saturated carbocycles. The van der Waals surface area contributed by atoms with Crippen LogP contribution in [0, 0.1) is 11.3 Å². The van der Waals surface area contributed by atoms with Gasteiger partial charge in [-0.05, 0) is 26.3 Å². The first-order valence-corrected chi connectivity index (χ1v) is 4.50. The van der Waals surface area contributed by atoms with Crippen molar-refractivity contribution in [2.45, 2.75) is 30.9 Å². The van der Waals surface area contributed by atoms with Gasteiger partial charge in [0, 0.05) is 7.11 Å². The summed E-state index contributed by atoms with van der Waals surface area (Å²) in [5.41, 5.74) is -0.501. The third kappa shape index (κ3) is 1.99. The number of hydrogen-bond donors (Lipinski definition) is 1. The molecule has 4 heteroatoms. The summed E-state index contributed by atoms with van der Waals surface area (Å²) < 4.78 is 10.3. The summed E-state index contributed by atoms with van der Waals surface area (Å²) in [6.45, 7) is 0.260. The summed E-state index contributed by atoms with van der Waals surface area (Å²) in [6.07, 6.45) is 2.78. The zero-order valence-corrected chi connectivity index (χ0v) is 8.17. The molecule has 0 spiro atoms. The Balaban J connectivity index is 2.57. The molecule has 0 unspecified atom stereocenters. The van der Waals surface area contributed by atoms with E-state index in [1.54, 1.807) is 14.2 Å². The van der Waals surface area contributed by atoms with Crippen molar-refractivity contribution in [1.29, 1.82) is 5.26 Å². The van der Waals surface area contributed by atoms with Crippen LogP contribution in [0.4, 0.5) is 0 Å². The van der Waals surface area contributed by atoms with Gasteiger partial charge in [-0.1, -0.05) is 0 Å². The number of ether oxygens (including phenoxy) is 2. The number of hydrogen-bond acceptors (Lipinski definition) is 4. The summed E-state index contributed by atoms with van der Waals surface area (Å²) in [6, 6.07) is 2.29. The summed E-state index contributed by atoms with van der Waals surface area (Å²) in [5.74, 6) is 0. The van der Waals surface area contributed by atoms with Crippen LogP contribution >= 0.6 is 0 Å². The lowest BCUT2D eigenvalue weighted by Crippen LogP contribution is -2.49. The lowest BCUT2D eigenvalue weighted by atomic mass is 9.97. The highest BCUT2D eigenvalue weighted by Crippen LogP contribution is 2.31. The van der Waals surface area contributed by atoms with E-state index in [-0.39, 0.29) is 12.9 Å². The summed E-state index contributed by atoms with van der Waals surface area (Å²) in [4.78, 5) is 0. The molecule has 1 N–H and O–H groups in total. The highest BCUT2D eigenvalue weighted by molar-refractivity contribution is 5.14. The topological polar surface area (TPSA) is 54.3 Å². The zero-order chi connectivity index (χ0) is 9.73. The fourth-order valence-electron chi connectivity index (χ4n) is 1.82. The van der Waals surface area contributed by atoms with E-state index in [0.29, 0.717) is 0 Å². The second kappa shape index (κ2) is 4.56. The molecule has 0 aromatic rings.